The van der Waals surface area contributed by atoms with E-state index in [4.69, 9.17) is 0 Å². The van der Waals surface area contributed by atoms with Gasteiger partial charge in [-0.1, -0.05) is 48.5 Å². The van der Waals surface area contributed by atoms with Crippen LogP contribution in [0.5, 0.6) is 0 Å². The molecular formula is C20H28AuClP+. The maximum absolute atomic E-state index is 4.58. The predicted molar refractivity (Wildman–Crippen MR) is 105 cm³/mol. The molecule has 23 heavy (non-hydrogen) atoms. The second kappa shape index (κ2) is 8.84. The summed E-state index contributed by atoms with van der Waals surface area (Å²) in [7, 11) is 3.85. The van der Waals surface area contributed by atoms with Gasteiger partial charge in [0, 0.05) is 13.5 Å². The van der Waals surface area contributed by atoms with Gasteiger partial charge in [0.15, 0.2) is 0 Å². The molecular weight excluding hydrogens is 504 g/mol. The third-order valence-electron chi connectivity index (χ3n) is 3.78. The van der Waals surface area contributed by atoms with Crippen molar-refractivity contribution in [3.8, 4) is 11.1 Å². The zero-order valence-corrected chi connectivity index (χ0v) is 18.8. The van der Waals surface area contributed by atoms with Crippen LogP contribution in [0.3, 0.4) is 0 Å². The van der Waals surface area contributed by atoms with Crippen molar-refractivity contribution in [2.45, 2.75) is 51.9 Å². The van der Waals surface area contributed by atoms with Crippen LogP contribution in [0.15, 0.2) is 54.6 Å². The normalized spacial score (nSPS) is 11.9. The van der Waals surface area contributed by atoms with Crippen LogP contribution in [0.2, 0.25) is 0 Å². The van der Waals surface area contributed by atoms with Gasteiger partial charge >= 0.3 is 29.2 Å². The number of hydrogen-bond donors (Lipinski definition) is 0. The summed E-state index contributed by atoms with van der Waals surface area (Å²) in [5.74, 6) is 0. The second-order valence-corrected chi connectivity index (χ2v) is 12.1. The molecule has 0 radical (unpaired) electrons. The van der Waals surface area contributed by atoms with Gasteiger partial charge in [0.05, 0.1) is 10.3 Å². The van der Waals surface area contributed by atoms with Crippen molar-refractivity contribution in [2.75, 3.05) is 0 Å². The van der Waals surface area contributed by atoms with E-state index in [1.54, 1.807) is 25.3 Å². The summed E-state index contributed by atoms with van der Waals surface area (Å²) in [6, 6.07) is 19.8. The average molecular weight is 532 g/mol. The molecule has 0 N–H and O–H groups in total. The Bertz CT molecular complexity index is 583. The van der Waals surface area contributed by atoms with Gasteiger partial charge in [-0.3, -0.25) is 0 Å². The topological polar surface area (TPSA) is 0 Å². The summed E-state index contributed by atoms with van der Waals surface area (Å²) < 4.78 is 0. The SMILES string of the molecule is CC(C)(C)[PH+](c1ccccc1-c1ccccc1)C(C)(C)C.[Cl][Au]. The Morgan fingerprint density at radius 2 is 1.13 bits per heavy atom. The van der Waals surface area contributed by atoms with E-state index in [9.17, 15) is 0 Å². The molecule has 0 saturated carbocycles. The zero-order chi connectivity index (χ0) is 17.7. The molecule has 0 bridgehead atoms. The van der Waals surface area contributed by atoms with E-state index < -0.39 is 7.92 Å². The Hall–Kier alpha value is -0.0997. The fourth-order valence-electron chi connectivity index (χ4n) is 3.50. The molecule has 0 amide bonds. The van der Waals surface area contributed by atoms with E-state index in [0.29, 0.717) is 10.3 Å². The number of benzene rings is 2. The molecule has 0 unspecified atom stereocenters. The molecule has 0 atom stereocenters. The Morgan fingerprint density at radius 1 is 0.696 bits per heavy atom. The van der Waals surface area contributed by atoms with Crippen molar-refractivity contribution >= 4 is 22.4 Å². The van der Waals surface area contributed by atoms with Crippen molar-refractivity contribution in [1.82, 2.24) is 0 Å². The van der Waals surface area contributed by atoms with Crippen LogP contribution in [0, 0.1) is 0 Å². The van der Waals surface area contributed by atoms with E-state index in [0.717, 1.165) is 0 Å². The van der Waals surface area contributed by atoms with Gasteiger partial charge in [0.1, 0.15) is 5.30 Å². The fourth-order valence-corrected chi connectivity index (χ4v) is 8.13. The fraction of sp³-hybridized carbons (Fsp3) is 0.400. The quantitative estimate of drug-likeness (QED) is 0.307. The second-order valence-electron chi connectivity index (χ2n) is 7.79. The van der Waals surface area contributed by atoms with E-state index in [1.807, 2.05) is 0 Å². The number of rotatable bonds is 2. The Balaban J connectivity index is 0.00000127. The van der Waals surface area contributed by atoms with Crippen molar-refractivity contribution < 1.29 is 20.0 Å². The van der Waals surface area contributed by atoms with Gasteiger partial charge in [0.25, 0.3) is 0 Å². The molecule has 0 nitrogen and oxygen atoms in total. The minimum atomic E-state index is -0.730. The summed E-state index contributed by atoms with van der Waals surface area (Å²) in [4.78, 5) is 0. The predicted octanol–water partition coefficient (Wildman–Crippen LogP) is 6.48. The van der Waals surface area contributed by atoms with E-state index in [2.05, 4.69) is 105 Å². The van der Waals surface area contributed by atoms with Crippen LogP contribution < -0.4 is 5.30 Å². The molecule has 2 rings (SSSR count). The third-order valence-corrected chi connectivity index (χ3v) is 7.76. The molecule has 0 aromatic heterocycles. The Kier molecular flexibility index (Phi) is 8.05. The van der Waals surface area contributed by atoms with Crippen LogP contribution in [0.1, 0.15) is 41.5 Å². The van der Waals surface area contributed by atoms with E-state index in [-0.39, 0.29) is 0 Å². The summed E-state index contributed by atoms with van der Waals surface area (Å²) >= 11 is 1.75. The van der Waals surface area contributed by atoms with Gasteiger partial charge in [-0.15, -0.1) is 0 Å². The van der Waals surface area contributed by atoms with Gasteiger partial charge in [-0.05, 0) is 53.2 Å². The van der Waals surface area contributed by atoms with Gasteiger partial charge in [-0.25, -0.2) is 0 Å². The average Bonchev–Trinajstić information content (AvgIpc) is 2.48. The molecule has 0 aliphatic heterocycles. The molecule has 0 spiro atoms. The van der Waals surface area contributed by atoms with Crippen molar-refractivity contribution in [3.63, 3.8) is 0 Å². The molecule has 0 saturated heterocycles. The van der Waals surface area contributed by atoms with Crippen LogP contribution in [0.4, 0.5) is 0 Å². The summed E-state index contributed by atoms with van der Waals surface area (Å²) in [6.45, 7) is 14.4. The summed E-state index contributed by atoms with van der Waals surface area (Å²) in [5.41, 5.74) is 2.75. The molecule has 0 heterocycles. The molecule has 0 aliphatic rings. The zero-order valence-electron chi connectivity index (χ0n) is 14.9. The summed E-state index contributed by atoms with van der Waals surface area (Å²) in [5, 5.41) is 2.22. The Morgan fingerprint density at radius 3 is 1.61 bits per heavy atom. The van der Waals surface area contributed by atoms with E-state index in [1.165, 1.54) is 11.1 Å². The first-order valence-corrected chi connectivity index (χ1v) is 12.0. The third kappa shape index (κ3) is 5.73. The Labute approximate surface area is 159 Å². The van der Waals surface area contributed by atoms with Crippen molar-refractivity contribution in [1.29, 1.82) is 0 Å². The van der Waals surface area contributed by atoms with Crippen LogP contribution in [0.25, 0.3) is 11.1 Å². The molecule has 0 aliphatic carbocycles. The molecule has 3 heteroatoms. The molecule has 2 aromatic carbocycles. The van der Waals surface area contributed by atoms with Crippen molar-refractivity contribution in [3.05, 3.63) is 54.6 Å². The molecule has 130 valence electrons. The number of halogens is 1. The standard InChI is InChI=1S/C20H27P.Au.ClH/c1-19(2,3)21(20(4,5)6)18-15-11-10-14-17(18)16-12-8-7-9-13-16;;/h7-15H,1-6H3;;1H/q;+1;. The first kappa shape index (κ1) is 20.9. The van der Waals surface area contributed by atoms with Gasteiger partial charge < -0.3 is 0 Å². The molecule has 2 aromatic rings. The summed E-state index contributed by atoms with van der Waals surface area (Å²) in [6.07, 6.45) is 0. The van der Waals surface area contributed by atoms with Crippen LogP contribution in [-0.2, 0) is 20.0 Å². The van der Waals surface area contributed by atoms with Gasteiger partial charge in [0.2, 0.25) is 0 Å². The van der Waals surface area contributed by atoms with E-state index >= 15 is 0 Å². The van der Waals surface area contributed by atoms with Gasteiger partial charge in [-0.2, -0.15) is 0 Å². The van der Waals surface area contributed by atoms with Crippen LogP contribution in [-0.4, -0.2) is 10.3 Å². The first-order chi connectivity index (χ1) is 10.7. The maximum atomic E-state index is 4.58. The molecule has 0 fully saturated rings. The minimum absolute atomic E-state index is 0.327. The monoisotopic (exact) mass is 531 g/mol. The number of hydrogen-bond acceptors (Lipinski definition) is 0. The van der Waals surface area contributed by atoms with Crippen molar-refractivity contribution in [2.24, 2.45) is 0 Å². The first-order valence-electron chi connectivity index (χ1n) is 7.85. The van der Waals surface area contributed by atoms with Crippen LogP contribution >= 0.6 is 17.1 Å².